The summed E-state index contributed by atoms with van der Waals surface area (Å²) in [7, 11) is 0. The van der Waals surface area contributed by atoms with E-state index in [0.717, 1.165) is 31.2 Å². The maximum absolute atomic E-state index is 12.6. The van der Waals surface area contributed by atoms with Crippen LogP contribution in [0, 0.1) is 23.7 Å². The van der Waals surface area contributed by atoms with E-state index in [0.29, 0.717) is 30.3 Å². The van der Waals surface area contributed by atoms with E-state index in [9.17, 15) is 4.79 Å². The first-order valence-electron chi connectivity index (χ1n) is 8.18. The number of hydrogen-bond acceptors (Lipinski definition) is 2. The molecule has 0 aromatic heterocycles. The lowest BCUT2D eigenvalue weighted by molar-refractivity contribution is -0.137. The molecule has 1 heterocycles. The van der Waals surface area contributed by atoms with Crippen molar-refractivity contribution in [3.8, 4) is 0 Å². The molecule has 3 rings (SSSR count). The molecular weight excluding hydrogens is 272 g/mol. The summed E-state index contributed by atoms with van der Waals surface area (Å²) in [5.41, 5.74) is 5.90. The number of carbonyl (C=O) groups excluding carboxylic acids is 1. The Balaban J connectivity index is 0.00000147. The van der Waals surface area contributed by atoms with Crippen molar-refractivity contribution in [1.82, 2.24) is 4.90 Å². The minimum atomic E-state index is 0. The standard InChI is InChI=1S/C16H28N2O.ClH/c1-11-3-2-6-18(15(11)10-17)16(19)9-14-8-12-4-5-13(14)7-12;/h11-15H,2-10,17H2,1H3;1H. The van der Waals surface area contributed by atoms with Gasteiger partial charge in [0.1, 0.15) is 0 Å². The van der Waals surface area contributed by atoms with Gasteiger partial charge < -0.3 is 10.6 Å². The Morgan fingerprint density at radius 1 is 1.25 bits per heavy atom. The molecule has 0 aromatic carbocycles. The first-order valence-corrected chi connectivity index (χ1v) is 8.18. The second-order valence-corrected chi connectivity index (χ2v) is 7.15. The summed E-state index contributed by atoms with van der Waals surface area (Å²) in [5, 5.41) is 0. The van der Waals surface area contributed by atoms with Crippen molar-refractivity contribution in [3.05, 3.63) is 0 Å². The predicted octanol–water partition coefficient (Wildman–Crippen LogP) is 2.82. The third-order valence-corrected chi connectivity index (χ3v) is 6.00. The highest BCUT2D eigenvalue weighted by Crippen LogP contribution is 2.49. The van der Waals surface area contributed by atoms with Crippen LogP contribution in [0.15, 0.2) is 0 Å². The summed E-state index contributed by atoms with van der Waals surface area (Å²) in [5.74, 6) is 3.44. The van der Waals surface area contributed by atoms with Gasteiger partial charge in [0.2, 0.25) is 5.91 Å². The molecule has 1 saturated heterocycles. The van der Waals surface area contributed by atoms with Crippen molar-refractivity contribution in [1.29, 1.82) is 0 Å². The van der Waals surface area contributed by atoms with Gasteiger partial charge in [-0.25, -0.2) is 0 Å². The molecule has 0 radical (unpaired) electrons. The minimum Gasteiger partial charge on any atom is -0.338 e. The molecule has 3 fully saturated rings. The van der Waals surface area contributed by atoms with Gasteiger partial charge in [-0.3, -0.25) is 4.79 Å². The summed E-state index contributed by atoms with van der Waals surface area (Å²) in [4.78, 5) is 14.7. The van der Waals surface area contributed by atoms with E-state index in [1.807, 2.05) is 0 Å². The fraction of sp³-hybridized carbons (Fsp3) is 0.938. The first-order chi connectivity index (χ1) is 9.19. The van der Waals surface area contributed by atoms with Crippen molar-refractivity contribution in [2.45, 2.75) is 57.9 Å². The molecule has 2 bridgehead atoms. The van der Waals surface area contributed by atoms with E-state index in [2.05, 4.69) is 11.8 Å². The highest BCUT2D eigenvalue weighted by molar-refractivity contribution is 5.85. The van der Waals surface area contributed by atoms with E-state index in [-0.39, 0.29) is 12.4 Å². The monoisotopic (exact) mass is 300 g/mol. The molecule has 3 nitrogen and oxygen atoms in total. The Morgan fingerprint density at radius 3 is 2.65 bits per heavy atom. The van der Waals surface area contributed by atoms with Crippen molar-refractivity contribution < 1.29 is 4.79 Å². The van der Waals surface area contributed by atoms with Crippen LogP contribution in [0.1, 0.15) is 51.9 Å². The van der Waals surface area contributed by atoms with Crippen molar-refractivity contribution in [2.75, 3.05) is 13.1 Å². The number of carbonyl (C=O) groups is 1. The van der Waals surface area contributed by atoms with Crippen LogP contribution in [0.25, 0.3) is 0 Å². The Kier molecular flexibility index (Phi) is 5.36. The Hall–Kier alpha value is -0.280. The van der Waals surface area contributed by atoms with Gasteiger partial charge in [0.05, 0.1) is 0 Å². The SMILES string of the molecule is CC1CCCN(C(=O)CC2CC3CCC2C3)C1CN.Cl. The van der Waals surface area contributed by atoms with Crippen LogP contribution in [0.3, 0.4) is 0 Å². The molecular formula is C16H29ClN2O. The molecule has 5 unspecified atom stereocenters. The number of amides is 1. The average Bonchev–Trinajstić information content (AvgIpc) is 3.00. The van der Waals surface area contributed by atoms with Crippen LogP contribution in [-0.4, -0.2) is 29.9 Å². The number of rotatable bonds is 3. The second-order valence-electron chi connectivity index (χ2n) is 7.15. The zero-order valence-corrected chi connectivity index (χ0v) is 13.4. The van der Waals surface area contributed by atoms with Crippen LogP contribution in [0.2, 0.25) is 0 Å². The largest absolute Gasteiger partial charge is 0.338 e. The molecule has 20 heavy (non-hydrogen) atoms. The second kappa shape index (κ2) is 6.65. The number of fused-ring (bicyclic) bond motifs is 2. The van der Waals surface area contributed by atoms with Crippen LogP contribution in [0.4, 0.5) is 0 Å². The number of hydrogen-bond donors (Lipinski definition) is 1. The highest BCUT2D eigenvalue weighted by Gasteiger charge is 2.41. The van der Waals surface area contributed by atoms with Gasteiger partial charge in [-0.1, -0.05) is 13.3 Å². The third kappa shape index (κ3) is 2.99. The van der Waals surface area contributed by atoms with E-state index in [4.69, 9.17) is 5.73 Å². The zero-order valence-electron chi connectivity index (χ0n) is 12.6. The molecule has 2 aliphatic carbocycles. The number of nitrogens with zero attached hydrogens (tertiary/aromatic N) is 1. The lowest BCUT2D eigenvalue weighted by atomic mass is 9.85. The third-order valence-electron chi connectivity index (χ3n) is 6.00. The predicted molar refractivity (Wildman–Crippen MR) is 83.8 cm³/mol. The normalized spacial score (nSPS) is 39.7. The zero-order chi connectivity index (χ0) is 13.4. The van der Waals surface area contributed by atoms with E-state index in [1.165, 1.54) is 32.1 Å². The maximum Gasteiger partial charge on any atom is 0.223 e. The van der Waals surface area contributed by atoms with E-state index < -0.39 is 0 Å². The molecule has 2 N–H and O–H groups in total. The molecule has 0 aromatic rings. The quantitative estimate of drug-likeness (QED) is 0.871. The number of halogens is 1. The Morgan fingerprint density at radius 2 is 2.05 bits per heavy atom. The van der Waals surface area contributed by atoms with Crippen molar-refractivity contribution >= 4 is 18.3 Å². The van der Waals surface area contributed by atoms with Gasteiger partial charge in [0.15, 0.2) is 0 Å². The van der Waals surface area contributed by atoms with Crippen molar-refractivity contribution in [2.24, 2.45) is 29.4 Å². The van der Waals surface area contributed by atoms with Gasteiger partial charge in [-0.15, -0.1) is 12.4 Å². The Bertz CT molecular complexity index is 349. The van der Waals surface area contributed by atoms with Gasteiger partial charge in [0.25, 0.3) is 0 Å². The summed E-state index contributed by atoms with van der Waals surface area (Å²) >= 11 is 0. The molecule has 1 amide bonds. The summed E-state index contributed by atoms with van der Waals surface area (Å²) in [6.07, 6.45) is 8.67. The number of likely N-dealkylation sites (tertiary alicyclic amines) is 1. The molecule has 2 saturated carbocycles. The molecule has 4 heteroatoms. The summed E-state index contributed by atoms with van der Waals surface area (Å²) < 4.78 is 0. The lowest BCUT2D eigenvalue weighted by Crippen LogP contribution is -2.51. The smallest absolute Gasteiger partial charge is 0.223 e. The minimum absolute atomic E-state index is 0. The highest BCUT2D eigenvalue weighted by atomic mass is 35.5. The van der Waals surface area contributed by atoms with Crippen LogP contribution >= 0.6 is 12.4 Å². The van der Waals surface area contributed by atoms with Gasteiger partial charge in [-0.05, 0) is 55.8 Å². The molecule has 3 aliphatic rings. The number of nitrogens with two attached hydrogens (primary N) is 1. The average molecular weight is 301 g/mol. The van der Waals surface area contributed by atoms with E-state index >= 15 is 0 Å². The van der Waals surface area contributed by atoms with Crippen molar-refractivity contribution in [3.63, 3.8) is 0 Å². The van der Waals surface area contributed by atoms with Crippen LogP contribution in [-0.2, 0) is 4.79 Å². The fourth-order valence-corrected chi connectivity index (χ4v) is 4.89. The number of piperidine rings is 1. The van der Waals surface area contributed by atoms with Gasteiger partial charge >= 0.3 is 0 Å². The molecule has 5 atom stereocenters. The van der Waals surface area contributed by atoms with Crippen LogP contribution < -0.4 is 5.73 Å². The van der Waals surface area contributed by atoms with E-state index in [1.54, 1.807) is 0 Å². The molecule has 1 aliphatic heterocycles. The lowest BCUT2D eigenvalue weighted by Gasteiger charge is -2.40. The maximum atomic E-state index is 12.6. The summed E-state index contributed by atoms with van der Waals surface area (Å²) in [6, 6.07) is 0.292. The molecule has 0 spiro atoms. The fourth-order valence-electron chi connectivity index (χ4n) is 4.89. The Labute approximate surface area is 129 Å². The van der Waals surface area contributed by atoms with Gasteiger partial charge in [0, 0.05) is 25.6 Å². The summed E-state index contributed by atoms with van der Waals surface area (Å²) in [6.45, 7) is 3.81. The van der Waals surface area contributed by atoms with Crippen LogP contribution in [0.5, 0.6) is 0 Å². The molecule has 116 valence electrons. The first kappa shape index (κ1) is 16.1. The van der Waals surface area contributed by atoms with Gasteiger partial charge in [-0.2, -0.15) is 0 Å². The topological polar surface area (TPSA) is 46.3 Å².